The molecule has 0 saturated carbocycles. The van der Waals surface area contributed by atoms with Gasteiger partial charge in [-0.2, -0.15) is 0 Å². The van der Waals surface area contributed by atoms with Gasteiger partial charge in [-0.15, -0.1) is 20.4 Å². The molecule has 0 radical (unpaired) electrons. The molecular formula is C14H6Cl6N4O2. The molecule has 2 heterocycles. The van der Waals surface area contributed by atoms with Crippen molar-refractivity contribution < 1.29 is 8.83 Å². The van der Waals surface area contributed by atoms with Gasteiger partial charge in [0.05, 0.1) is 0 Å². The Hall–Kier alpha value is -1.02. The monoisotopic (exact) mass is 472 g/mol. The Bertz CT molecular complexity index is 924. The zero-order chi connectivity index (χ0) is 18.9. The third-order valence-corrected chi connectivity index (χ3v) is 3.90. The number of alkyl halides is 6. The highest BCUT2D eigenvalue weighted by molar-refractivity contribution is 6.66. The van der Waals surface area contributed by atoms with Crippen LogP contribution < -0.4 is 0 Å². The smallest absolute Gasteiger partial charge is 0.268 e. The van der Waals surface area contributed by atoms with Crippen LogP contribution >= 0.6 is 69.6 Å². The van der Waals surface area contributed by atoms with Gasteiger partial charge < -0.3 is 8.83 Å². The van der Waals surface area contributed by atoms with Crippen LogP contribution in [0.15, 0.2) is 33.1 Å². The van der Waals surface area contributed by atoms with Gasteiger partial charge in [-0.25, -0.2) is 0 Å². The summed E-state index contributed by atoms with van der Waals surface area (Å²) in [6, 6.07) is 7.13. The fourth-order valence-corrected chi connectivity index (χ4v) is 2.23. The van der Waals surface area contributed by atoms with Gasteiger partial charge in [-0.3, -0.25) is 0 Å². The lowest BCUT2D eigenvalue weighted by atomic mass is 10.1. The van der Waals surface area contributed by atoms with Crippen molar-refractivity contribution >= 4 is 81.8 Å². The van der Waals surface area contributed by atoms with E-state index in [4.69, 9.17) is 78.4 Å². The van der Waals surface area contributed by atoms with Crippen LogP contribution in [0, 0.1) is 0 Å². The van der Waals surface area contributed by atoms with Gasteiger partial charge in [0.25, 0.3) is 19.4 Å². The van der Waals surface area contributed by atoms with Crippen LogP contribution in [0.4, 0.5) is 0 Å². The molecule has 0 aliphatic rings. The second-order valence-electron chi connectivity index (χ2n) is 4.81. The molecule has 0 amide bonds. The quantitative estimate of drug-likeness (QED) is 0.437. The van der Waals surface area contributed by atoms with E-state index in [0.29, 0.717) is 5.56 Å². The molecule has 2 aromatic heterocycles. The maximum absolute atomic E-state index is 5.69. The van der Waals surface area contributed by atoms with E-state index >= 15 is 0 Å². The first kappa shape index (κ1) is 19.7. The minimum atomic E-state index is -1.77. The van der Waals surface area contributed by atoms with Crippen LogP contribution in [0.1, 0.15) is 23.2 Å². The molecular weight excluding hydrogens is 469 g/mol. The Morgan fingerprint density at radius 3 is 1.81 bits per heavy atom. The first-order chi connectivity index (χ1) is 12.1. The topological polar surface area (TPSA) is 77.8 Å². The standard InChI is InChI=1S/C14H6Cl6N4O2/c15-13(16,17)11-23-21-9(25-11)6-3-7-1-4-8(5-2-7)10-22-24-12(26-10)14(18,19)20/h1-6H/b6-3+. The number of hydrogen-bond donors (Lipinski definition) is 0. The van der Waals surface area contributed by atoms with Crippen molar-refractivity contribution in [3.8, 4) is 11.5 Å². The van der Waals surface area contributed by atoms with Gasteiger partial charge in [0, 0.05) is 11.6 Å². The number of rotatable bonds is 3. The van der Waals surface area contributed by atoms with Gasteiger partial charge in [-0.1, -0.05) is 81.7 Å². The summed E-state index contributed by atoms with van der Waals surface area (Å²) in [5.74, 6) is 0.201. The molecule has 12 heteroatoms. The van der Waals surface area contributed by atoms with Gasteiger partial charge in [-0.05, 0) is 23.8 Å². The number of halogens is 6. The van der Waals surface area contributed by atoms with Crippen molar-refractivity contribution in [2.75, 3.05) is 0 Å². The molecule has 0 atom stereocenters. The average Bonchev–Trinajstić information content (AvgIpc) is 3.22. The summed E-state index contributed by atoms with van der Waals surface area (Å²) >= 11 is 34.1. The molecule has 136 valence electrons. The average molecular weight is 475 g/mol. The van der Waals surface area contributed by atoms with Crippen molar-refractivity contribution in [2.45, 2.75) is 7.59 Å². The van der Waals surface area contributed by atoms with E-state index in [1.54, 1.807) is 36.4 Å². The molecule has 0 spiro atoms. The second-order valence-corrected chi connectivity index (χ2v) is 9.37. The van der Waals surface area contributed by atoms with Crippen LogP contribution in [-0.2, 0) is 7.59 Å². The highest BCUT2D eigenvalue weighted by Crippen LogP contribution is 2.38. The fourth-order valence-electron chi connectivity index (χ4n) is 1.78. The van der Waals surface area contributed by atoms with Crippen LogP contribution in [0.3, 0.4) is 0 Å². The Morgan fingerprint density at radius 1 is 0.692 bits per heavy atom. The van der Waals surface area contributed by atoms with Crippen molar-refractivity contribution in [3.05, 3.63) is 47.5 Å². The third-order valence-electron chi connectivity index (χ3n) is 2.93. The van der Waals surface area contributed by atoms with E-state index in [9.17, 15) is 0 Å². The van der Waals surface area contributed by atoms with E-state index < -0.39 is 7.59 Å². The maximum atomic E-state index is 5.69. The van der Waals surface area contributed by atoms with Crippen molar-refractivity contribution in [3.63, 3.8) is 0 Å². The number of nitrogens with zero attached hydrogens (tertiary/aromatic N) is 4. The molecule has 6 nitrogen and oxygen atoms in total. The van der Waals surface area contributed by atoms with E-state index in [1.165, 1.54) is 0 Å². The molecule has 1 aromatic carbocycles. The lowest BCUT2D eigenvalue weighted by Gasteiger charge is -2.02. The second kappa shape index (κ2) is 7.54. The zero-order valence-corrected chi connectivity index (χ0v) is 16.9. The summed E-state index contributed by atoms with van der Waals surface area (Å²) < 4.78 is 7.01. The van der Waals surface area contributed by atoms with Crippen molar-refractivity contribution in [1.29, 1.82) is 0 Å². The lowest BCUT2D eigenvalue weighted by Crippen LogP contribution is -1.99. The summed E-state index contributed by atoms with van der Waals surface area (Å²) in [6.07, 6.45) is 3.32. The Balaban J connectivity index is 1.73. The van der Waals surface area contributed by atoms with Crippen LogP contribution in [-0.4, -0.2) is 20.4 Å². The third kappa shape index (κ3) is 4.82. The first-order valence-corrected chi connectivity index (χ1v) is 8.99. The Kier molecular flexibility index (Phi) is 5.72. The maximum Gasteiger partial charge on any atom is 0.268 e. The molecule has 0 saturated heterocycles. The van der Waals surface area contributed by atoms with E-state index in [0.717, 1.165) is 5.56 Å². The first-order valence-electron chi connectivity index (χ1n) is 6.73. The minimum absolute atomic E-state index is 0.109. The highest BCUT2D eigenvalue weighted by Gasteiger charge is 2.31. The van der Waals surface area contributed by atoms with Crippen molar-refractivity contribution in [2.24, 2.45) is 0 Å². The Morgan fingerprint density at radius 2 is 1.27 bits per heavy atom. The molecule has 26 heavy (non-hydrogen) atoms. The summed E-state index contributed by atoms with van der Waals surface area (Å²) in [5, 5.41) is 15.0. The summed E-state index contributed by atoms with van der Waals surface area (Å²) in [6.45, 7) is 0. The molecule has 3 aromatic rings. The number of hydrogen-bond acceptors (Lipinski definition) is 6. The van der Waals surface area contributed by atoms with E-state index in [-0.39, 0.29) is 23.6 Å². The molecule has 0 bridgehead atoms. The lowest BCUT2D eigenvalue weighted by molar-refractivity contribution is 0.493. The van der Waals surface area contributed by atoms with Crippen LogP contribution in [0.2, 0.25) is 0 Å². The predicted octanol–water partition coefficient (Wildman–Crippen LogP) is 5.94. The molecule has 0 aliphatic carbocycles. The van der Waals surface area contributed by atoms with Gasteiger partial charge in [0.15, 0.2) is 0 Å². The SMILES string of the molecule is ClC(Cl)(Cl)c1nnc(/C=C/c2ccc(-c3nnc(C(Cl)(Cl)Cl)o3)cc2)o1. The number of aromatic nitrogens is 4. The molecule has 0 fully saturated rings. The minimum Gasteiger partial charge on any atom is -0.417 e. The van der Waals surface area contributed by atoms with Gasteiger partial charge >= 0.3 is 0 Å². The summed E-state index contributed by atoms with van der Waals surface area (Å²) in [4.78, 5) is 0. The normalized spacial score (nSPS) is 12.8. The largest absolute Gasteiger partial charge is 0.417 e. The van der Waals surface area contributed by atoms with E-state index in [1.807, 2.05) is 0 Å². The van der Waals surface area contributed by atoms with Gasteiger partial charge in [0.2, 0.25) is 11.8 Å². The molecule has 0 aliphatic heterocycles. The Labute approximate surface area is 177 Å². The molecule has 0 unspecified atom stereocenters. The molecule has 0 N–H and O–H groups in total. The van der Waals surface area contributed by atoms with Crippen molar-refractivity contribution in [1.82, 2.24) is 20.4 Å². The summed E-state index contributed by atoms with van der Waals surface area (Å²) in [5.41, 5.74) is 1.50. The summed E-state index contributed by atoms with van der Waals surface area (Å²) in [7, 11) is 0. The fraction of sp³-hybridized carbons (Fsp3) is 0.143. The number of benzene rings is 1. The van der Waals surface area contributed by atoms with E-state index in [2.05, 4.69) is 20.4 Å². The molecule has 3 rings (SSSR count). The zero-order valence-electron chi connectivity index (χ0n) is 12.3. The van der Waals surface area contributed by atoms with Crippen LogP contribution in [0.25, 0.3) is 23.6 Å². The van der Waals surface area contributed by atoms with Gasteiger partial charge in [0.1, 0.15) is 0 Å². The predicted molar refractivity (Wildman–Crippen MR) is 101 cm³/mol. The highest BCUT2D eigenvalue weighted by atomic mass is 35.6. The van der Waals surface area contributed by atoms with Crippen LogP contribution in [0.5, 0.6) is 0 Å².